The lowest BCUT2D eigenvalue weighted by atomic mass is 10.1. The first-order chi connectivity index (χ1) is 14.5. The molecule has 0 aromatic heterocycles. The number of piperazine rings is 1. The Kier molecular flexibility index (Phi) is 6.85. The molecule has 1 saturated heterocycles. The van der Waals surface area contributed by atoms with Crippen molar-refractivity contribution in [2.24, 2.45) is 0 Å². The van der Waals surface area contributed by atoms with Crippen molar-refractivity contribution in [2.45, 2.75) is 22.8 Å². The van der Waals surface area contributed by atoms with Gasteiger partial charge in [0, 0.05) is 38.0 Å². The molecular formula is C21H27N3O5S2. The van der Waals surface area contributed by atoms with E-state index in [-0.39, 0.29) is 21.4 Å². The molecule has 0 spiro atoms. The predicted molar refractivity (Wildman–Crippen MR) is 118 cm³/mol. The van der Waals surface area contributed by atoms with Gasteiger partial charge < -0.3 is 10.2 Å². The molecule has 0 saturated carbocycles. The van der Waals surface area contributed by atoms with Gasteiger partial charge in [0.15, 0.2) is 9.84 Å². The predicted octanol–water partition coefficient (Wildman–Crippen LogP) is 1.52. The van der Waals surface area contributed by atoms with Crippen LogP contribution in [0, 0.1) is 0 Å². The maximum absolute atomic E-state index is 13.0. The highest BCUT2D eigenvalue weighted by Gasteiger charge is 2.28. The topological polar surface area (TPSA) is 104 Å². The number of amides is 1. The van der Waals surface area contributed by atoms with Crippen LogP contribution in [-0.2, 0) is 19.9 Å². The van der Waals surface area contributed by atoms with Crippen molar-refractivity contribution < 1.29 is 21.6 Å². The second-order valence-corrected chi connectivity index (χ2v) is 11.7. The van der Waals surface area contributed by atoms with Crippen molar-refractivity contribution in [1.82, 2.24) is 14.5 Å². The summed E-state index contributed by atoms with van der Waals surface area (Å²) in [6, 6.07) is 11.9. The van der Waals surface area contributed by atoms with Crippen LogP contribution in [0.15, 0.2) is 58.3 Å². The maximum Gasteiger partial charge on any atom is 0.251 e. The van der Waals surface area contributed by atoms with Crippen LogP contribution >= 0.6 is 0 Å². The third-order valence-electron chi connectivity index (χ3n) is 5.35. The minimum Gasteiger partial charge on any atom is -0.346 e. The Bertz CT molecular complexity index is 1150. The minimum atomic E-state index is -3.67. The lowest BCUT2D eigenvalue weighted by Gasteiger charge is -2.31. The molecule has 8 nitrogen and oxygen atoms in total. The molecule has 0 unspecified atom stereocenters. The van der Waals surface area contributed by atoms with Crippen molar-refractivity contribution in [3.8, 4) is 0 Å². The normalized spacial score (nSPS) is 17.3. The fraction of sp³-hybridized carbons (Fsp3) is 0.381. The Balaban J connectivity index is 1.74. The molecule has 2 aromatic carbocycles. The number of hydrogen-bond acceptors (Lipinski definition) is 6. The molecule has 1 aliphatic heterocycles. The fourth-order valence-electron chi connectivity index (χ4n) is 3.34. The number of likely N-dealkylation sites (N-methyl/N-ethyl adjacent to an activating group) is 1. The smallest absolute Gasteiger partial charge is 0.251 e. The van der Waals surface area contributed by atoms with Crippen LogP contribution in [0.5, 0.6) is 0 Å². The number of benzene rings is 2. The number of sulfone groups is 1. The molecule has 1 atom stereocenters. The summed E-state index contributed by atoms with van der Waals surface area (Å²) in [5.41, 5.74) is 0.983. The van der Waals surface area contributed by atoms with Crippen molar-refractivity contribution in [2.75, 3.05) is 39.5 Å². The molecular weight excluding hydrogens is 438 g/mol. The van der Waals surface area contributed by atoms with Crippen LogP contribution in [0.1, 0.15) is 28.9 Å². The Morgan fingerprint density at radius 1 is 0.935 bits per heavy atom. The zero-order valence-electron chi connectivity index (χ0n) is 17.8. The largest absolute Gasteiger partial charge is 0.346 e. The number of hydrogen-bond donors (Lipinski definition) is 1. The first kappa shape index (κ1) is 23.4. The first-order valence-electron chi connectivity index (χ1n) is 9.88. The molecule has 1 N–H and O–H groups in total. The first-order valence-corrected chi connectivity index (χ1v) is 13.2. The Labute approximate surface area is 183 Å². The average molecular weight is 466 g/mol. The van der Waals surface area contributed by atoms with Crippen molar-refractivity contribution in [1.29, 1.82) is 0 Å². The van der Waals surface area contributed by atoms with E-state index in [2.05, 4.69) is 10.2 Å². The number of rotatable bonds is 6. The summed E-state index contributed by atoms with van der Waals surface area (Å²) in [7, 11) is -5.02. The van der Waals surface area contributed by atoms with E-state index in [0.29, 0.717) is 26.2 Å². The van der Waals surface area contributed by atoms with Crippen LogP contribution in [-0.4, -0.2) is 71.4 Å². The van der Waals surface area contributed by atoms with Crippen molar-refractivity contribution in [3.05, 3.63) is 59.7 Å². The summed E-state index contributed by atoms with van der Waals surface area (Å²) < 4.78 is 50.5. The number of sulfonamides is 1. The molecule has 3 rings (SSSR count). The van der Waals surface area contributed by atoms with E-state index in [9.17, 15) is 21.6 Å². The molecule has 0 radical (unpaired) electrons. The minimum absolute atomic E-state index is 0.0925. The van der Waals surface area contributed by atoms with Crippen LogP contribution in [0.3, 0.4) is 0 Å². The highest BCUT2D eigenvalue weighted by atomic mass is 32.2. The summed E-state index contributed by atoms with van der Waals surface area (Å²) in [6.07, 6.45) is 1.14. The van der Waals surface area contributed by atoms with E-state index in [4.69, 9.17) is 0 Å². The zero-order chi connectivity index (χ0) is 22.8. The molecule has 0 aliphatic carbocycles. The molecule has 1 aliphatic rings. The number of carbonyl (C=O) groups excluding carboxylic acids is 1. The Hall–Kier alpha value is -2.27. The summed E-state index contributed by atoms with van der Waals surface area (Å²) >= 11 is 0. The Morgan fingerprint density at radius 3 is 2.13 bits per heavy atom. The van der Waals surface area contributed by atoms with Gasteiger partial charge in [0.1, 0.15) is 0 Å². The third kappa shape index (κ3) is 5.51. The molecule has 2 aromatic rings. The summed E-state index contributed by atoms with van der Waals surface area (Å²) in [4.78, 5) is 15.1. The quantitative estimate of drug-likeness (QED) is 0.694. The van der Waals surface area contributed by atoms with Gasteiger partial charge in [0.25, 0.3) is 5.91 Å². The second kappa shape index (κ2) is 9.07. The maximum atomic E-state index is 13.0. The van der Waals surface area contributed by atoms with Crippen molar-refractivity contribution >= 4 is 25.8 Å². The van der Waals surface area contributed by atoms with Crippen LogP contribution in [0.4, 0.5) is 0 Å². The fourth-order valence-corrected chi connectivity index (χ4v) is 5.44. The highest BCUT2D eigenvalue weighted by Crippen LogP contribution is 2.20. The van der Waals surface area contributed by atoms with E-state index in [1.807, 2.05) is 7.05 Å². The van der Waals surface area contributed by atoms with Gasteiger partial charge in [-0.05, 0) is 49.9 Å². The van der Waals surface area contributed by atoms with Gasteiger partial charge in [-0.3, -0.25) is 4.79 Å². The molecule has 1 amide bonds. The number of nitrogens with one attached hydrogen (secondary N) is 1. The number of nitrogens with zero attached hydrogens (tertiary/aromatic N) is 2. The van der Waals surface area contributed by atoms with Gasteiger partial charge in [0.2, 0.25) is 10.0 Å². The van der Waals surface area contributed by atoms with Gasteiger partial charge in [-0.2, -0.15) is 4.31 Å². The van der Waals surface area contributed by atoms with Gasteiger partial charge >= 0.3 is 0 Å². The molecule has 31 heavy (non-hydrogen) atoms. The molecule has 168 valence electrons. The summed E-state index contributed by atoms with van der Waals surface area (Å²) in [5.74, 6) is -0.407. The van der Waals surface area contributed by atoms with Gasteiger partial charge in [0.05, 0.1) is 15.8 Å². The second-order valence-electron chi connectivity index (χ2n) is 7.77. The van der Waals surface area contributed by atoms with Crippen LogP contribution < -0.4 is 5.32 Å². The monoisotopic (exact) mass is 465 g/mol. The van der Waals surface area contributed by atoms with E-state index in [1.165, 1.54) is 28.6 Å². The van der Waals surface area contributed by atoms with Crippen molar-refractivity contribution in [3.63, 3.8) is 0 Å². The lowest BCUT2D eigenvalue weighted by molar-refractivity contribution is 0.0939. The Morgan fingerprint density at radius 2 is 1.55 bits per heavy atom. The molecule has 1 heterocycles. The van der Waals surface area contributed by atoms with Crippen LogP contribution in [0.2, 0.25) is 0 Å². The van der Waals surface area contributed by atoms with Gasteiger partial charge in [-0.1, -0.05) is 18.2 Å². The van der Waals surface area contributed by atoms with Crippen LogP contribution in [0.25, 0.3) is 0 Å². The standard InChI is InChI=1S/C21H27N3O5S2/c1-16(17-7-9-19(10-8-17)30(3,26)27)22-21(25)18-5-4-6-20(15-18)31(28,29)24-13-11-23(2)12-14-24/h4-10,15-16H,11-14H2,1-3H3,(H,22,25)/t16-/m0/s1. The van der Waals surface area contributed by atoms with E-state index in [1.54, 1.807) is 31.2 Å². The molecule has 10 heteroatoms. The lowest BCUT2D eigenvalue weighted by Crippen LogP contribution is -2.47. The van der Waals surface area contributed by atoms with E-state index < -0.39 is 25.8 Å². The number of carbonyl (C=O) groups is 1. The average Bonchev–Trinajstić information content (AvgIpc) is 2.73. The molecule has 0 bridgehead atoms. The van der Waals surface area contributed by atoms with Gasteiger partial charge in [-0.25, -0.2) is 16.8 Å². The highest BCUT2D eigenvalue weighted by molar-refractivity contribution is 7.90. The molecule has 1 fully saturated rings. The summed E-state index contributed by atoms with van der Waals surface area (Å²) in [6.45, 7) is 3.92. The van der Waals surface area contributed by atoms with E-state index in [0.717, 1.165) is 11.8 Å². The third-order valence-corrected chi connectivity index (χ3v) is 8.38. The van der Waals surface area contributed by atoms with E-state index >= 15 is 0 Å². The SMILES string of the molecule is C[C@H](NC(=O)c1cccc(S(=O)(=O)N2CCN(C)CC2)c1)c1ccc(S(C)(=O)=O)cc1. The summed E-state index contributed by atoms with van der Waals surface area (Å²) in [5, 5.41) is 2.83. The zero-order valence-corrected chi connectivity index (χ0v) is 19.4. The van der Waals surface area contributed by atoms with Gasteiger partial charge in [-0.15, -0.1) is 0 Å².